The quantitative estimate of drug-likeness (QED) is 0.833. The van der Waals surface area contributed by atoms with Crippen LogP contribution >= 0.6 is 0 Å². The third-order valence-corrected chi connectivity index (χ3v) is 7.78. The molecule has 1 N–H and O–H groups in total. The first-order valence-corrected chi connectivity index (χ1v) is 10.9. The molecule has 2 aromatic rings. The second-order valence-corrected chi connectivity index (χ2v) is 9.64. The summed E-state index contributed by atoms with van der Waals surface area (Å²) in [6, 6.07) is 12.8. The van der Waals surface area contributed by atoms with E-state index in [2.05, 4.69) is 5.32 Å². The topological polar surface area (TPSA) is 66.5 Å². The van der Waals surface area contributed by atoms with Crippen molar-refractivity contribution < 1.29 is 17.6 Å². The molecule has 2 atom stereocenters. The van der Waals surface area contributed by atoms with Crippen LogP contribution in [-0.4, -0.2) is 31.7 Å². The highest BCUT2D eigenvalue weighted by Gasteiger charge is 2.62. The predicted molar refractivity (Wildman–Crippen MR) is 105 cm³/mol. The van der Waals surface area contributed by atoms with Crippen LogP contribution in [0.3, 0.4) is 0 Å². The van der Waals surface area contributed by atoms with E-state index in [1.807, 2.05) is 19.1 Å². The van der Waals surface area contributed by atoms with E-state index < -0.39 is 15.8 Å². The second kappa shape index (κ2) is 6.97. The van der Waals surface area contributed by atoms with Crippen molar-refractivity contribution in [3.8, 4) is 0 Å². The van der Waals surface area contributed by atoms with Gasteiger partial charge >= 0.3 is 0 Å². The average molecular weight is 402 g/mol. The third-order valence-electron chi connectivity index (χ3n) is 5.92. The van der Waals surface area contributed by atoms with Crippen LogP contribution < -0.4 is 5.32 Å². The van der Waals surface area contributed by atoms with Crippen LogP contribution in [0.15, 0.2) is 53.4 Å². The van der Waals surface area contributed by atoms with E-state index in [4.69, 9.17) is 0 Å². The minimum atomic E-state index is -3.56. The molecular weight excluding hydrogens is 379 g/mol. The summed E-state index contributed by atoms with van der Waals surface area (Å²) in [5.74, 6) is -0.814. The van der Waals surface area contributed by atoms with Gasteiger partial charge in [0.05, 0.1) is 4.90 Å². The number of carbonyl (C=O) groups excluding carboxylic acids is 1. The van der Waals surface area contributed by atoms with E-state index in [9.17, 15) is 17.6 Å². The van der Waals surface area contributed by atoms with Crippen LogP contribution in [0.5, 0.6) is 0 Å². The molecule has 2 aliphatic rings. The Kier molecular flexibility index (Phi) is 4.75. The molecule has 1 heterocycles. The molecule has 0 radical (unpaired) electrons. The minimum Gasteiger partial charge on any atom is -0.326 e. The number of sulfonamides is 1. The van der Waals surface area contributed by atoms with E-state index in [1.54, 1.807) is 24.3 Å². The molecule has 1 saturated carbocycles. The molecule has 1 aliphatic heterocycles. The first-order valence-electron chi connectivity index (χ1n) is 9.50. The van der Waals surface area contributed by atoms with Crippen LogP contribution in [-0.2, 0) is 21.2 Å². The van der Waals surface area contributed by atoms with Gasteiger partial charge in [-0.1, -0.05) is 25.1 Å². The minimum absolute atomic E-state index is 0.169. The van der Waals surface area contributed by atoms with Crippen molar-refractivity contribution in [1.82, 2.24) is 4.31 Å². The molecule has 4 rings (SSSR count). The Morgan fingerprint density at radius 1 is 1.25 bits per heavy atom. The molecule has 28 heavy (non-hydrogen) atoms. The van der Waals surface area contributed by atoms with Gasteiger partial charge in [-0.15, -0.1) is 0 Å². The number of carbonyl (C=O) groups is 1. The second-order valence-electron chi connectivity index (χ2n) is 7.70. The molecule has 148 valence electrons. The number of nitrogens with one attached hydrogen (secondary N) is 1. The summed E-state index contributed by atoms with van der Waals surface area (Å²) in [5, 5.41) is 2.75. The van der Waals surface area contributed by atoms with Crippen molar-refractivity contribution in [2.24, 2.45) is 11.3 Å². The van der Waals surface area contributed by atoms with Crippen molar-refractivity contribution in [2.75, 3.05) is 18.4 Å². The molecular formula is C21H23FN2O3S. The zero-order valence-electron chi connectivity index (χ0n) is 15.7. The van der Waals surface area contributed by atoms with Gasteiger partial charge in [-0.25, -0.2) is 12.8 Å². The van der Waals surface area contributed by atoms with Gasteiger partial charge < -0.3 is 5.32 Å². The van der Waals surface area contributed by atoms with Gasteiger partial charge in [0.15, 0.2) is 0 Å². The number of hydrogen-bond acceptors (Lipinski definition) is 3. The summed E-state index contributed by atoms with van der Waals surface area (Å²) < 4.78 is 40.7. The highest BCUT2D eigenvalue weighted by atomic mass is 32.2. The molecule has 2 aromatic carbocycles. The molecule has 2 unspecified atom stereocenters. The predicted octanol–water partition coefficient (Wildman–Crippen LogP) is 3.43. The van der Waals surface area contributed by atoms with E-state index in [-0.39, 0.29) is 17.2 Å². The van der Waals surface area contributed by atoms with Crippen LogP contribution in [0.25, 0.3) is 0 Å². The highest BCUT2D eigenvalue weighted by Crippen LogP contribution is 2.59. The van der Waals surface area contributed by atoms with Crippen molar-refractivity contribution in [2.45, 2.75) is 31.1 Å². The van der Waals surface area contributed by atoms with E-state index in [0.717, 1.165) is 12.0 Å². The molecule has 1 amide bonds. The summed E-state index contributed by atoms with van der Waals surface area (Å²) in [4.78, 5) is 12.8. The van der Waals surface area contributed by atoms with Gasteiger partial charge in [0.2, 0.25) is 15.9 Å². The van der Waals surface area contributed by atoms with E-state index in [1.165, 1.54) is 16.4 Å². The maximum atomic E-state index is 13.3. The molecule has 1 spiro atoms. The Hall–Kier alpha value is -2.25. The summed E-state index contributed by atoms with van der Waals surface area (Å²) in [6.45, 7) is 2.80. The zero-order chi connectivity index (χ0) is 19.9. The van der Waals surface area contributed by atoms with Crippen molar-refractivity contribution in [3.05, 3.63) is 59.9 Å². The van der Waals surface area contributed by atoms with E-state index in [0.29, 0.717) is 36.5 Å². The summed E-state index contributed by atoms with van der Waals surface area (Å²) in [6.07, 6.45) is 2.19. The largest absolute Gasteiger partial charge is 0.326 e. The number of benzene rings is 2. The molecule has 0 aromatic heterocycles. The van der Waals surface area contributed by atoms with Crippen molar-refractivity contribution >= 4 is 21.6 Å². The fourth-order valence-corrected chi connectivity index (χ4v) is 5.61. The number of hydrogen-bond donors (Lipinski definition) is 1. The lowest BCUT2D eigenvalue weighted by Crippen LogP contribution is -2.30. The molecule has 1 saturated heterocycles. The van der Waals surface area contributed by atoms with Crippen LogP contribution in [0.4, 0.5) is 10.1 Å². The van der Waals surface area contributed by atoms with Gasteiger partial charge in [0.1, 0.15) is 5.82 Å². The fourth-order valence-electron chi connectivity index (χ4n) is 4.07. The molecule has 2 fully saturated rings. The number of halogens is 1. The average Bonchev–Trinajstić information content (AvgIpc) is 3.21. The molecule has 1 aliphatic carbocycles. The fraction of sp³-hybridized carbons (Fsp3) is 0.381. The Morgan fingerprint density at radius 2 is 2.00 bits per heavy atom. The lowest BCUT2D eigenvalue weighted by Gasteiger charge is -2.17. The SMILES string of the molecule is CCc1ccc(S(=O)(=O)N2CCC3(CC3C(=O)Nc3cccc(F)c3)C2)cc1. The monoisotopic (exact) mass is 402 g/mol. The number of aryl methyl sites for hydroxylation is 1. The number of amides is 1. The standard InChI is InChI=1S/C21H23FN2O3S/c1-2-15-6-8-18(9-7-15)28(26,27)24-11-10-21(14-24)13-19(21)20(25)23-17-5-3-4-16(22)12-17/h3-9,12,19H,2,10-11,13-14H2,1H3,(H,23,25). The lowest BCUT2D eigenvalue weighted by atomic mass is 10.0. The van der Waals surface area contributed by atoms with Gasteiger partial charge in [0.25, 0.3) is 0 Å². The lowest BCUT2D eigenvalue weighted by molar-refractivity contribution is -0.118. The smallest absolute Gasteiger partial charge is 0.243 e. The summed E-state index contributed by atoms with van der Waals surface area (Å²) in [7, 11) is -3.56. The number of nitrogens with zero attached hydrogens (tertiary/aromatic N) is 1. The van der Waals surface area contributed by atoms with Gasteiger partial charge in [0, 0.05) is 24.7 Å². The summed E-state index contributed by atoms with van der Waals surface area (Å²) in [5.41, 5.74) is 1.21. The Balaban J connectivity index is 1.43. The van der Waals surface area contributed by atoms with Crippen LogP contribution in [0.1, 0.15) is 25.3 Å². The maximum Gasteiger partial charge on any atom is 0.243 e. The van der Waals surface area contributed by atoms with Crippen molar-refractivity contribution in [3.63, 3.8) is 0 Å². The Morgan fingerprint density at radius 3 is 2.68 bits per heavy atom. The van der Waals surface area contributed by atoms with Crippen LogP contribution in [0.2, 0.25) is 0 Å². The first-order chi connectivity index (χ1) is 13.3. The maximum absolute atomic E-state index is 13.3. The normalized spacial score (nSPS) is 24.4. The van der Waals surface area contributed by atoms with Gasteiger partial charge in [-0.2, -0.15) is 4.31 Å². The first kappa shape index (κ1) is 19.1. The zero-order valence-corrected chi connectivity index (χ0v) is 16.5. The highest BCUT2D eigenvalue weighted by molar-refractivity contribution is 7.89. The Labute approximate surface area is 164 Å². The molecule has 5 nitrogen and oxygen atoms in total. The van der Waals surface area contributed by atoms with E-state index >= 15 is 0 Å². The Bertz CT molecular complexity index is 1010. The summed E-state index contributed by atoms with van der Waals surface area (Å²) >= 11 is 0. The van der Waals surface area contributed by atoms with Crippen molar-refractivity contribution in [1.29, 1.82) is 0 Å². The molecule has 7 heteroatoms. The van der Waals surface area contributed by atoms with Crippen LogP contribution in [0, 0.1) is 17.2 Å². The number of rotatable bonds is 5. The van der Waals surface area contributed by atoms with Gasteiger partial charge in [-0.3, -0.25) is 4.79 Å². The molecule has 0 bridgehead atoms. The third kappa shape index (κ3) is 3.44. The van der Waals surface area contributed by atoms with Gasteiger partial charge in [-0.05, 0) is 60.6 Å². The number of anilines is 1.